The lowest BCUT2D eigenvalue weighted by Crippen LogP contribution is -2.44. The maximum atomic E-state index is 12.8. The molecule has 6 nitrogen and oxygen atoms in total. The lowest BCUT2D eigenvalue weighted by Gasteiger charge is -2.34. The van der Waals surface area contributed by atoms with Crippen LogP contribution in [-0.2, 0) is 0 Å². The number of amides is 1. The Kier molecular flexibility index (Phi) is 6.00. The molecule has 0 saturated carbocycles. The average Bonchev–Trinajstić information content (AvgIpc) is 2.75. The van der Waals surface area contributed by atoms with Crippen LogP contribution in [-0.4, -0.2) is 62.1 Å². The molecule has 2 aliphatic heterocycles. The third-order valence-corrected chi connectivity index (χ3v) is 6.11. The fourth-order valence-corrected chi connectivity index (χ4v) is 3.99. The molecule has 0 unspecified atom stereocenters. The Morgan fingerprint density at radius 1 is 0.966 bits per heavy atom. The molecule has 6 heteroatoms. The van der Waals surface area contributed by atoms with Gasteiger partial charge in [0.05, 0.1) is 0 Å². The molecule has 0 spiro atoms. The number of hydrogen-bond donors (Lipinski definition) is 1. The highest BCUT2D eigenvalue weighted by molar-refractivity contribution is 6.04. The van der Waals surface area contributed by atoms with E-state index in [9.17, 15) is 4.79 Å². The molecular weight excluding hydrogens is 362 g/mol. The van der Waals surface area contributed by atoms with E-state index >= 15 is 0 Å². The molecule has 2 aliphatic rings. The molecule has 0 radical (unpaired) electrons. The van der Waals surface area contributed by atoms with Crippen molar-refractivity contribution in [2.45, 2.75) is 19.8 Å². The van der Waals surface area contributed by atoms with Crippen molar-refractivity contribution in [3.8, 4) is 0 Å². The fraction of sp³-hybridized carbons (Fsp3) is 0.478. The number of pyridine rings is 1. The second kappa shape index (κ2) is 8.82. The molecule has 29 heavy (non-hydrogen) atoms. The van der Waals surface area contributed by atoms with Gasteiger partial charge >= 0.3 is 0 Å². The number of piperidine rings is 1. The van der Waals surface area contributed by atoms with Gasteiger partial charge in [0.2, 0.25) is 0 Å². The van der Waals surface area contributed by atoms with E-state index in [4.69, 9.17) is 0 Å². The van der Waals surface area contributed by atoms with Gasteiger partial charge in [-0.15, -0.1) is 0 Å². The molecule has 2 aromatic rings. The number of carbonyl (C=O) groups is 1. The minimum Gasteiger partial charge on any atom is -0.369 e. The van der Waals surface area contributed by atoms with Crippen molar-refractivity contribution in [2.24, 2.45) is 5.92 Å². The van der Waals surface area contributed by atoms with Crippen molar-refractivity contribution >= 4 is 23.1 Å². The van der Waals surface area contributed by atoms with E-state index in [1.54, 1.807) is 12.3 Å². The van der Waals surface area contributed by atoms with E-state index in [0.29, 0.717) is 5.56 Å². The number of hydrogen-bond acceptors (Lipinski definition) is 5. The van der Waals surface area contributed by atoms with Gasteiger partial charge in [0.1, 0.15) is 5.82 Å². The van der Waals surface area contributed by atoms with Crippen molar-refractivity contribution < 1.29 is 4.79 Å². The molecule has 2 saturated heterocycles. The number of likely N-dealkylation sites (N-methyl/N-ethyl adjacent to an activating group) is 1. The van der Waals surface area contributed by atoms with Gasteiger partial charge in [-0.3, -0.25) is 4.79 Å². The summed E-state index contributed by atoms with van der Waals surface area (Å²) in [5.74, 6) is 1.58. The molecule has 0 aliphatic carbocycles. The summed E-state index contributed by atoms with van der Waals surface area (Å²) >= 11 is 0. The van der Waals surface area contributed by atoms with Gasteiger partial charge in [0.15, 0.2) is 0 Å². The highest BCUT2D eigenvalue weighted by atomic mass is 16.1. The smallest absolute Gasteiger partial charge is 0.255 e. The molecule has 4 rings (SSSR count). The SMILES string of the molecule is CC1CCN(c2cc(C(=O)Nc3ccc(N4CCN(C)CC4)cc3)ccn2)CC1. The first-order valence-corrected chi connectivity index (χ1v) is 10.6. The maximum Gasteiger partial charge on any atom is 0.255 e. The number of piperazine rings is 1. The summed E-state index contributed by atoms with van der Waals surface area (Å²) in [6, 6.07) is 11.8. The molecule has 1 N–H and O–H groups in total. The lowest BCUT2D eigenvalue weighted by molar-refractivity contribution is 0.102. The monoisotopic (exact) mass is 393 g/mol. The zero-order chi connectivity index (χ0) is 20.2. The van der Waals surface area contributed by atoms with E-state index in [-0.39, 0.29) is 5.91 Å². The van der Waals surface area contributed by atoms with Crippen LogP contribution in [0.4, 0.5) is 17.2 Å². The summed E-state index contributed by atoms with van der Waals surface area (Å²) < 4.78 is 0. The highest BCUT2D eigenvalue weighted by Gasteiger charge is 2.18. The second-order valence-corrected chi connectivity index (χ2v) is 8.36. The lowest BCUT2D eigenvalue weighted by atomic mass is 9.99. The quantitative estimate of drug-likeness (QED) is 0.864. The summed E-state index contributed by atoms with van der Waals surface area (Å²) in [7, 11) is 2.16. The molecule has 1 amide bonds. The fourth-order valence-electron chi connectivity index (χ4n) is 3.99. The third kappa shape index (κ3) is 4.88. The topological polar surface area (TPSA) is 51.7 Å². The molecule has 1 aromatic carbocycles. The number of aromatic nitrogens is 1. The molecule has 1 aromatic heterocycles. The summed E-state index contributed by atoms with van der Waals surface area (Å²) in [6.45, 7) is 8.55. The highest BCUT2D eigenvalue weighted by Crippen LogP contribution is 2.23. The van der Waals surface area contributed by atoms with Gasteiger partial charge in [-0.25, -0.2) is 4.98 Å². The number of nitrogens with zero attached hydrogens (tertiary/aromatic N) is 4. The average molecular weight is 394 g/mol. The first-order chi connectivity index (χ1) is 14.1. The maximum absolute atomic E-state index is 12.8. The zero-order valence-electron chi connectivity index (χ0n) is 17.5. The van der Waals surface area contributed by atoms with Crippen molar-refractivity contribution in [1.82, 2.24) is 9.88 Å². The van der Waals surface area contributed by atoms with Crippen LogP contribution in [0.2, 0.25) is 0 Å². The van der Waals surface area contributed by atoms with Gasteiger partial charge in [0, 0.05) is 62.4 Å². The van der Waals surface area contributed by atoms with Crippen LogP contribution >= 0.6 is 0 Å². The van der Waals surface area contributed by atoms with Crippen LogP contribution in [0.15, 0.2) is 42.6 Å². The Hall–Kier alpha value is -2.60. The van der Waals surface area contributed by atoms with Gasteiger partial charge in [-0.1, -0.05) is 6.92 Å². The van der Waals surface area contributed by atoms with Gasteiger partial charge in [-0.05, 0) is 62.2 Å². The normalized spacial score (nSPS) is 18.7. The molecule has 2 fully saturated rings. The number of anilines is 3. The Labute approximate surface area is 173 Å². The molecular formula is C23H31N5O. The van der Waals surface area contributed by atoms with Crippen molar-refractivity contribution in [1.29, 1.82) is 0 Å². The molecule has 3 heterocycles. The summed E-state index contributed by atoms with van der Waals surface area (Å²) in [6.07, 6.45) is 4.09. The van der Waals surface area contributed by atoms with Gasteiger partial charge in [-0.2, -0.15) is 0 Å². The van der Waals surface area contributed by atoms with E-state index in [1.807, 2.05) is 18.2 Å². The van der Waals surface area contributed by atoms with Crippen LogP contribution in [0, 0.1) is 5.92 Å². The molecule has 0 atom stereocenters. The zero-order valence-corrected chi connectivity index (χ0v) is 17.5. The standard InChI is InChI=1S/C23H31N5O/c1-18-8-11-28(12-9-18)22-17-19(7-10-24-22)23(29)25-20-3-5-21(6-4-20)27-15-13-26(2)14-16-27/h3-7,10,17-18H,8-9,11-16H2,1-2H3,(H,25,29). The number of carbonyl (C=O) groups excluding carboxylic acids is 1. The largest absolute Gasteiger partial charge is 0.369 e. The Morgan fingerprint density at radius 2 is 1.66 bits per heavy atom. The summed E-state index contributed by atoms with van der Waals surface area (Å²) in [4.78, 5) is 24.2. The van der Waals surface area contributed by atoms with E-state index in [2.05, 4.69) is 51.1 Å². The Morgan fingerprint density at radius 3 is 2.34 bits per heavy atom. The molecule has 154 valence electrons. The van der Waals surface area contributed by atoms with Crippen LogP contribution in [0.5, 0.6) is 0 Å². The van der Waals surface area contributed by atoms with Crippen LogP contribution < -0.4 is 15.1 Å². The predicted molar refractivity (Wildman–Crippen MR) is 119 cm³/mol. The van der Waals surface area contributed by atoms with Gasteiger partial charge < -0.3 is 20.0 Å². The van der Waals surface area contributed by atoms with Crippen molar-refractivity contribution in [3.05, 3.63) is 48.2 Å². The number of nitrogens with one attached hydrogen (secondary N) is 1. The van der Waals surface area contributed by atoms with Gasteiger partial charge in [0.25, 0.3) is 5.91 Å². The van der Waals surface area contributed by atoms with Crippen LogP contribution in [0.1, 0.15) is 30.1 Å². The van der Waals surface area contributed by atoms with E-state index in [1.165, 1.54) is 18.5 Å². The minimum absolute atomic E-state index is 0.0913. The predicted octanol–water partition coefficient (Wildman–Crippen LogP) is 3.32. The Balaban J connectivity index is 1.38. The Bertz CT molecular complexity index is 821. The third-order valence-electron chi connectivity index (χ3n) is 6.11. The summed E-state index contributed by atoms with van der Waals surface area (Å²) in [5, 5.41) is 3.02. The van der Waals surface area contributed by atoms with E-state index < -0.39 is 0 Å². The minimum atomic E-state index is -0.0913. The van der Waals surface area contributed by atoms with E-state index in [0.717, 1.165) is 56.7 Å². The first-order valence-electron chi connectivity index (χ1n) is 10.6. The summed E-state index contributed by atoms with van der Waals surface area (Å²) in [5.41, 5.74) is 2.68. The second-order valence-electron chi connectivity index (χ2n) is 8.36. The number of benzene rings is 1. The van der Waals surface area contributed by atoms with Crippen LogP contribution in [0.3, 0.4) is 0 Å². The van der Waals surface area contributed by atoms with Crippen molar-refractivity contribution in [2.75, 3.05) is 61.4 Å². The molecule has 0 bridgehead atoms. The number of rotatable bonds is 4. The van der Waals surface area contributed by atoms with Crippen LogP contribution in [0.25, 0.3) is 0 Å². The first kappa shape index (κ1) is 19.7. The van der Waals surface area contributed by atoms with Crippen molar-refractivity contribution in [3.63, 3.8) is 0 Å².